The Labute approximate surface area is 144 Å². The number of halogens is 3. The van der Waals surface area contributed by atoms with Crippen molar-refractivity contribution in [1.29, 1.82) is 0 Å². The highest BCUT2D eigenvalue weighted by atomic mass is 19.4. The molecule has 134 valence electrons. The van der Waals surface area contributed by atoms with Crippen LogP contribution in [0.3, 0.4) is 0 Å². The molecule has 0 spiro atoms. The zero-order valence-electron chi connectivity index (χ0n) is 14.0. The van der Waals surface area contributed by atoms with Gasteiger partial charge in [-0.3, -0.25) is 0 Å². The summed E-state index contributed by atoms with van der Waals surface area (Å²) in [7, 11) is 3.30. The number of hydrogen-bond acceptors (Lipinski definition) is 5. The molecule has 1 saturated heterocycles. The minimum Gasteiger partial charge on any atom is -0.370 e. The molecule has 1 aromatic heterocycles. The van der Waals surface area contributed by atoms with E-state index in [0.717, 1.165) is 11.6 Å². The van der Waals surface area contributed by atoms with Crippen LogP contribution < -0.4 is 9.80 Å². The van der Waals surface area contributed by atoms with E-state index in [-0.39, 0.29) is 17.9 Å². The van der Waals surface area contributed by atoms with Gasteiger partial charge in [0.05, 0.1) is 13.2 Å². The fourth-order valence-electron chi connectivity index (χ4n) is 2.64. The van der Waals surface area contributed by atoms with Gasteiger partial charge in [0.1, 0.15) is 11.9 Å². The van der Waals surface area contributed by atoms with Crippen LogP contribution in [-0.4, -0.2) is 43.8 Å². The molecule has 0 radical (unpaired) electrons. The van der Waals surface area contributed by atoms with Gasteiger partial charge in [-0.25, -0.2) is 4.98 Å². The molecule has 2 heterocycles. The molecule has 25 heavy (non-hydrogen) atoms. The molecule has 5 nitrogen and oxygen atoms in total. The van der Waals surface area contributed by atoms with E-state index in [9.17, 15) is 13.2 Å². The van der Waals surface area contributed by atoms with E-state index in [1.165, 1.54) is 4.90 Å². The number of ether oxygens (including phenoxy) is 1. The lowest BCUT2D eigenvalue weighted by Crippen LogP contribution is -2.39. The molecule has 1 aromatic carbocycles. The summed E-state index contributed by atoms with van der Waals surface area (Å²) in [5, 5.41) is 0. The summed E-state index contributed by atoms with van der Waals surface area (Å²) in [5.74, 6) is 0.294. The molecule has 8 heteroatoms. The van der Waals surface area contributed by atoms with E-state index in [1.54, 1.807) is 19.0 Å². The number of nitrogens with zero attached hydrogens (tertiary/aromatic N) is 4. The van der Waals surface area contributed by atoms with E-state index in [2.05, 4.69) is 9.97 Å². The second kappa shape index (κ2) is 6.87. The zero-order valence-corrected chi connectivity index (χ0v) is 14.0. The van der Waals surface area contributed by atoms with Gasteiger partial charge in [-0.2, -0.15) is 18.2 Å². The van der Waals surface area contributed by atoms with Crippen LogP contribution in [0.1, 0.15) is 17.4 Å². The van der Waals surface area contributed by atoms with Gasteiger partial charge < -0.3 is 14.5 Å². The molecule has 1 fully saturated rings. The van der Waals surface area contributed by atoms with Gasteiger partial charge in [0.25, 0.3) is 0 Å². The molecule has 1 unspecified atom stereocenters. The highest BCUT2D eigenvalue weighted by molar-refractivity contribution is 5.46. The Hall–Kier alpha value is -2.35. The summed E-state index contributed by atoms with van der Waals surface area (Å²) in [6.07, 6.45) is -4.75. The van der Waals surface area contributed by atoms with Gasteiger partial charge >= 0.3 is 6.18 Å². The third-order valence-corrected chi connectivity index (χ3v) is 3.97. The van der Waals surface area contributed by atoms with Crippen molar-refractivity contribution in [3.63, 3.8) is 0 Å². The van der Waals surface area contributed by atoms with E-state index >= 15 is 0 Å². The Morgan fingerprint density at radius 2 is 1.88 bits per heavy atom. The highest BCUT2D eigenvalue weighted by Crippen LogP contribution is 2.32. The molecule has 0 N–H and O–H groups in total. The Morgan fingerprint density at radius 1 is 1.16 bits per heavy atom. The smallest absolute Gasteiger partial charge is 0.370 e. The summed E-state index contributed by atoms with van der Waals surface area (Å²) in [5.41, 5.74) is 0.0379. The predicted molar refractivity (Wildman–Crippen MR) is 88.7 cm³/mol. The van der Waals surface area contributed by atoms with Crippen molar-refractivity contribution >= 4 is 11.8 Å². The average molecular weight is 352 g/mol. The molecule has 2 aromatic rings. The molecule has 0 aliphatic carbocycles. The fraction of sp³-hybridized carbons (Fsp3) is 0.412. The number of morpholine rings is 1. The maximum atomic E-state index is 13.2. The molecule has 0 bridgehead atoms. The van der Waals surface area contributed by atoms with Crippen LogP contribution in [0.5, 0.6) is 0 Å². The molecule has 0 saturated carbocycles. The number of anilines is 2. The lowest BCUT2D eigenvalue weighted by atomic mass is 10.1. The fourth-order valence-corrected chi connectivity index (χ4v) is 2.64. The standard InChI is InChI=1S/C17H19F3N4O/c1-23(2)15-10-14(17(18,19)20)21-16(22-15)24-8-9-25-13(11-24)12-6-4-3-5-7-12/h3-7,10,13H,8-9,11H2,1-2H3. The summed E-state index contributed by atoms with van der Waals surface area (Å²) in [6.45, 7) is 1.24. The van der Waals surface area contributed by atoms with E-state index in [0.29, 0.717) is 19.7 Å². The van der Waals surface area contributed by atoms with Crippen molar-refractivity contribution in [2.75, 3.05) is 43.6 Å². The quantitative estimate of drug-likeness (QED) is 0.849. The Kier molecular flexibility index (Phi) is 4.80. The predicted octanol–water partition coefficient (Wildman–Crippen LogP) is 3.14. The second-order valence-corrected chi connectivity index (χ2v) is 6.02. The van der Waals surface area contributed by atoms with Crippen LogP contribution >= 0.6 is 0 Å². The van der Waals surface area contributed by atoms with Crippen molar-refractivity contribution in [3.8, 4) is 0 Å². The van der Waals surface area contributed by atoms with E-state index < -0.39 is 11.9 Å². The zero-order chi connectivity index (χ0) is 18.0. The first-order valence-corrected chi connectivity index (χ1v) is 7.89. The molecule has 1 aliphatic heterocycles. The van der Waals surface area contributed by atoms with Gasteiger partial charge in [-0.1, -0.05) is 30.3 Å². The lowest BCUT2D eigenvalue weighted by molar-refractivity contribution is -0.141. The first-order chi connectivity index (χ1) is 11.8. The summed E-state index contributed by atoms with van der Waals surface area (Å²) in [4.78, 5) is 11.3. The van der Waals surface area contributed by atoms with Gasteiger partial charge in [-0.15, -0.1) is 0 Å². The first kappa shape index (κ1) is 17.5. The Balaban J connectivity index is 1.91. The van der Waals surface area contributed by atoms with Gasteiger partial charge in [0.2, 0.25) is 5.95 Å². The summed E-state index contributed by atoms with van der Waals surface area (Å²) < 4.78 is 45.3. The molecule has 1 atom stereocenters. The largest absolute Gasteiger partial charge is 0.433 e. The van der Waals surface area contributed by atoms with Crippen molar-refractivity contribution in [2.45, 2.75) is 12.3 Å². The lowest BCUT2D eigenvalue weighted by Gasteiger charge is -2.33. The van der Waals surface area contributed by atoms with Crippen LogP contribution in [0.25, 0.3) is 0 Å². The monoisotopic (exact) mass is 352 g/mol. The van der Waals surface area contributed by atoms with Crippen LogP contribution in [0, 0.1) is 0 Å². The van der Waals surface area contributed by atoms with Crippen LogP contribution in [0.15, 0.2) is 36.4 Å². The van der Waals surface area contributed by atoms with Gasteiger partial charge in [-0.05, 0) is 5.56 Å². The topological polar surface area (TPSA) is 41.5 Å². The number of benzene rings is 1. The maximum Gasteiger partial charge on any atom is 0.433 e. The third-order valence-electron chi connectivity index (χ3n) is 3.97. The van der Waals surface area contributed by atoms with E-state index in [1.807, 2.05) is 30.3 Å². The van der Waals surface area contributed by atoms with Crippen molar-refractivity contribution in [3.05, 3.63) is 47.7 Å². The number of aromatic nitrogens is 2. The second-order valence-electron chi connectivity index (χ2n) is 6.02. The summed E-state index contributed by atoms with van der Waals surface area (Å²) in [6, 6.07) is 10.5. The summed E-state index contributed by atoms with van der Waals surface area (Å²) >= 11 is 0. The highest BCUT2D eigenvalue weighted by Gasteiger charge is 2.35. The number of hydrogen-bond donors (Lipinski definition) is 0. The number of rotatable bonds is 3. The molecule has 0 amide bonds. The average Bonchev–Trinajstić information content (AvgIpc) is 2.61. The normalized spacial score (nSPS) is 18.3. The van der Waals surface area contributed by atoms with Crippen molar-refractivity contribution < 1.29 is 17.9 Å². The van der Waals surface area contributed by atoms with Crippen molar-refractivity contribution in [1.82, 2.24) is 9.97 Å². The Morgan fingerprint density at radius 3 is 2.52 bits per heavy atom. The van der Waals surface area contributed by atoms with Crippen LogP contribution in [0.2, 0.25) is 0 Å². The number of alkyl halides is 3. The van der Waals surface area contributed by atoms with E-state index in [4.69, 9.17) is 4.74 Å². The Bertz CT molecular complexity index is 722. The molecule has 1 aliphatic rings. The van der Waals surface area contributed by atoms with Crippen LogP contribution in [-0.2, 0) is 10.9 Å². The molecular formula is C17H19F3N4O. The van der Waals surface area contributed by atoms with Gasteiger partial charge in [0.15, 0.2) is 5.69 Å². The molecular weight excluding hydrogens is 333 g/mol. The SMILES string of the molecule is CN(C)c1cc(C(F)(F)F)nc(N2CCOC(c3ccccc3)C2)n1. The minimum atomic E-state index is -4.52. The molecule has 3 rings (SSSR count). The van der Waals surface area contributed by atoms with Crippen LogP contribution in [0.4, 0.5) is 24.9 Å². The maximum absolute atomic E-state index is 13.2. The van der Waals surface area contributed by atoms with Crippen molar-refractivity contribution in [2.24, 2.45) is 0 Å². The first-order valence-electron chi connectivity index (χ1n) is 7.89. The van der Waals surface area contributed by atoms with Gasteiger partial charge in [0, 0.05) is 26.7 Å². The minimum absolute atomic E-state index is 0.0720. The third kappa shape index (κ3) is 4.01.